The molecule has 4 nitrogen and oxygen atoms in total. The molecular weight excluding hydrogens is 355 g/mol. The molecule has 8 heteroatoms. The highest BCUT2D eigenvalue weighted by Gasteiger charge is 2.51. The highest BCUT2D eigenvalue weighted by atomic mass is 32.2. The van der Waals surface area contributed by atoms with Gasteiger partial charge in [0.25, 0.3) is 0 Å². The highest BCUT2D eigenvalue weighted by molar-refractivity contribution is 7.92. The van der Waals surface area contributed by atoms with Gasteiger partial charge in [-0.05, 0) is 43.0 Å². The van der Waals surface area contributed by atoms with Gasteiger partial charge in [0, 0.05) is 18.5 Å². The summed E-state index contributed by atoms with van der Waals surface area (Å²) in [5, 5.41) is 0. The van der Waals surface area contributed by atoms with Gasteiger partial charge in [-0.25, -0.2) is 8.42 Å². The lowest BCUT2D eigenvalue weighted by Crippen LogP contribution is -2.50. The van der Waals surface area contributed by atoms with Crippen molar-refractivity contribution in [1.29, 1.82) is 0 Å². The van der Waals surface area contributed by atoms with Crippen molar-refractivity contribution in [3.63, 3.8) is 0 Å². The first-order valence-electron chi connectivity index (χ1n) is 8.32. The van der Waals surface area contributed by atoms with Gasteiger partial charge in [-0.2, -0.15) is 0 Å². The Balaban J connectivity index is 1.47. The molecule has 0 N–H and O–H groups in total. The molecular formula is C17H22F3NO3S. The van der Waals surface area contributed by atoms with E-state index >= 15 is 0 Å². The van der Waals surface area contributed by atoms with Crippen molar-refractivity contribution >= 4 is 9.84 Å². The molecule has 0 amide bonds. The average molecular weight is 377 g/mol. The lowest BCUT2D eigenvalue weighted by molar-refractivity contribution is -0.274. The fourth-order valence-electron chi connectivity index (χ4n) is 4.04. The van der Waals surface area contributed by atoms with Crippen LogP contribution in [0.4, 0.5) is 13.2 Å². The van der Waals surface area contributed by atoms with Crippen LogP contribution in [0.5, 0.6) is 5.75 Å². The Kier molecular flexibility index (Phi) is 4.79. The predicted octanol–water partition coefficient (Wildman–Crippen LogP) is 2.88. The first-order chi connectivity index (χ1) is 11.5. The monoisotopic (exact) mass is 377 g/mol. The second-order valence-corrected chi connectivity index (χ2v) is 9.58. The second kappa shape index (κ2) is 6.46. The molecule has 0 aromatic heterocycles. The van der Waals surface area contributed by atoms with Crippen LogP contribution in [0.15, 0.2) is 24.3 Å². The number of hydrogen-bond acceptors (Lipinski definition) is 4. The summed E-state index contributed by atoms with van der Waals surface area (Å²) in [5.41, 5.74) is 0.928. The lowest BCUT2D eigenvalue weighted by atomic mass is 9.91. The van der Waals surface area contributed by atoms with Gasteiger partial charge in [0.15, 0.2) is 9.84 Å². The minimum atomic E-state index is -4.67. The second-order valence-electron chi connectivity index (χ2n) is 7.52. The lowest BCUT2D eigenvalue weighted by Gasteiger charge is -2.37. The molecule has 2 saturated heterocycles. The minimum Gasteiger partial charge on any atom is -0.406 e. The van der Waals surface area contributed by atoms with Crippen molar-refractivity contribution in [2.75, 3.05) is 31.1 Å². The third-order valence-corrected chi connectivity index (χ3v) is 6.98. The van der Waals surface area contributed by atoms with Crippen molar-refractivity contribution in [3.05, 3.63) is 29.8 Å². The third kappa shape index (κ3) is 4.88. The van der Waals surface area contributed by atoms with Crippen LogP contribution in [0.2, 0.25) is 0 Å². The molecule has 1 aromatic carbocycles. The van der Waals surface area contributed by atoms with Crippen molar-refractivity contribution < 1.29 is 26.3 Å². The van der Waals surface area contributed by atoms with Crippen LogP contribution < -0.4 is 4.74 Å². The zero-order chi connectivity index (χ0) is 18.3. The molecule has 0 unspecified atom stereocenters. The zero-order valence-corrected chi connectivity index (χ0v) is 14.9. The van der Waals surface area contributed by atoms with Crippen LogP contribution in [0.3, 0.4) is 0 Å². The van der Waals surface area contributed by atoms with Crippen molar-refractivity contribution in [2.24, 2.45) is 11.3 Å². The summed E-state index contributed by atoms with van der Waals surface area (Å²) in [6, 6.07) is 5.97. The predicted molar refractivity (Wildman–Crippen MR) is 88.1 cm³/mol. The van der Waals surface area contributed by atoms with E-state index in [1.54, 1.807) is 12.1 Å². The first-order valence-corrected chi connectivity index (χ1v) is 10.1. The van der Waals surface area contributed by atoms with Crippen molar-refractivity contribution in [3.8, 4) is 5.75 Å². The standard InChI is InChI=1S/C17H22F3NO3S/c1-13(8-14-2-4-15(5-3-14)24-17(18,19)20)9-21-7-6-16(10-21)11-25(22,23)12-16/h2-5,13H,6-12H2,1H3/t13-/m1/s1. The summed E-state index contributed by atoms with van der Waals surface area (Å²) in [6.07, 6.45) is -2.98. The first kappa shape index (κ1) is 18.5. The van der Waals surface area contributed by atoms with Crippen LogP contribution in [0, 0.1) is 11.3 Å². The molecule has 140 valence electrons. The van der Waals surface area contributed by atoms with E-state index in [1.165, 1.54) is 12.1 Å². The quantitative estimate of drug-likeness (QED) is 0.792. The molecule has 3 rings (SSSR count). The molecule has 2 aliphatic heterocycles. The maximum Gasteiger partial charge on any atom is 0.573 e. The molecule has 0 radical (unpaired) electrons. The van der Waals surface area contributed by atoms with E-state index in [9.17, 15) is 21.6 Å². The number of likely N-dealkylation sites (tertiary alicyclic amines) is 1. The molecule has 2 aliphatic rings. The van der Waals surface area contributed by atoms with Gasteiger partial charge in [0.1, 0.15) is 5.75 Å². The molecule has 0 bridgehead atoms. The Morgan fingerprint density at radius 2 is 1.88 bits per heavy atom. The van der Waals surface area contributed by atoms with Gasteiger partial charge in [-0.3, -0.25) is 0 Å². The smallest absolute Gasteiger partial charge is 0.406 e. The molecule has 2 heterocycles. The normalized spacial score (nSPS) is 23.4. The van der Waals surface area contributed by atoms with Crippen LogP contribution in [0.25, 0.3) is 0 Å². The SMILES string of the molecule is C[C@H](Cc1ccc(OC(F)(F)F)cc1)CN1CCC2(C1)CS(=O)(=O)C2. The van der Waals surface area contributed by atoms with E-state index in [2.05, 4.69) is 16.6 Å². The number of ether oxygens (including phenoxy) is 1. The van der Waals surface area contributed by atoms with Crippen LogP contribution in [-0.2, 0) is 16.3 Å². The molecule has 25 heavy (non-hydrogen) atoms. The highest BCUT2D eigenvalue weighted by Crippen LogP contribution is 2.41. The Labute approximate surface area is 145 Å². The molecule has 1 atom stereocenters. The van der Waals surface area contributed by atoms with E-state index in [0.717, 1.165) is 38.0 Å². The number of rotatable bonds is 5. The molecule has 1 aromatic rings. The average Bonchev–Trinajstić information content (AvgIpc) is 2.81. The van der Waals surface area contributed by atoms with E-state index in [0.29, 0.717) is 17.4 Å². The molecule has 1 spiro atoms. The van der Waals surface area contributed by atoms with Crippen LogP contribution >= 0.6 is 0 Å². The van der Waals surface area contributed by atoms with E-state index in [4.69, 9.17) is 0 Å². The summed E-state index contributed by atoms with van der Waals surface area (Å²) < 4.78 is 63.2. The Morgan fingerprint density at radius 1 is 1.24 bits per heavy atom. The van der Waals surface area contributed by atoms with Gasteiger partial charge < -0.3 is 9.64 Å². The number of alkyl halides is 3. The summed E-state index contributed by atoms with van der Waals surface area (Å²) >= 11 is 0. The van der Waals surface area contributed by atoms with Gasteiger partial charge in [-0.1, -0.05) is 19.1 Å². The fraction of sp³-hybridized carbons (Fsp3) is 0.647. The maximum absolute atomic E-state index is 12.2. The van der Waals surface area contributed by atoms with E-state index < -0.39 is 16.2 Å². The topological polar surface area (TPSA) is 46.6 Å². The van der Waals surface area contributed by atoms with E-state index in [1.807, 2.05) is 0 Å². The summed E-state index contributed by atoms with van der Waals surface area (Å²) in [4.78, 5) is 2.31. The molecule has 2 fully saturated rings. The number of hydrogen-bond donors (Lipinski definition) is 0. The largest absolute Gasteiger partial charge is 0.573 e. The summed E-state index contributed by atoms with van der Waals surface area (Å²) in [6.45, 7) is 4.71. The Morgan fingerprint density at radius 3 is 2.44 bits per heavy atom. The van der Waals surface area contributed by atoms with Crippen molar-refractivity contribution in [2.45, 2.75) is 26.1 Å². The van der Waals surface area contributed by atoms with E-state index in [-0.39, 0.29) is 11.2 Å². The number of halogens is 3. The number of nitrogens with zero attached hydrogens (tertiary/aromatic N) is 1. The number of sulfone groups is 1. The minimum absolute atomic E-state index is 0.0326. The van der Waals surface area contributed by atoms with Crippen LogP contribution in [0.1, 0.15) is 18.9 Å². The fourth-order valence-corrected chi connectivity index (χ4v) is 6.30. The summed E-state index contributed by atoms with van der Waals surface area (Å²) in [7, 11) is -2.81. The van der Waals surface area contributed by atoms with Gasteiger partial charge >= 0.3 is 6.36 Å². The zero-order valence-electron chi connectivity index (χ0n) is 14.1. The molecule has 0 aliphatic carbocycles. The maximum atomic E-state index is 12.2. The molecule has 0 saturated carbocycles. The van der Waals surface area contributed by atoms with Gasteiger partial charge in [0.2, 0.25) is 0 Å². The number of benzene rings is 1. The third-order valence-electron chi connectivity index (χ3n) is 4.88. The van der Waals surface area contributed by atoms with Crippen LogP contribution in [-0.4, -0.2) is 50.8 Å². The Bertz CT molecular complexity index is 704. The Hall–Kier alpha value is -1.28. The van der Waals surface area contributed by atoms with Crippen molar-refractivity contribution in [1.82, 2.24) is 4.90 Å². The summed E-state index contributed by atoms with van der Waals surface area (Å²) in [5.74, 6) is 0.745. The van der Waals surface area contributed by atoms with Gasteiger partial charge in [-0.15, -0.1) is 13.2 Å². The van der Waals surface area contributed by atoms with Gasteiger partial charge in [0.05, 0.1) is 11.5 Å².